The average Bonchev–Trinajstić information content (AvgIpc) is 2.45. The summed E-state index contributed by atoms with van der Waals surface area (Å²) < 4.78 is 0. The van der Waals surface area contributed by atoms with Gasteiger partial charge in [0.15, 0.2) is 0 Å². The Bertz CT molecular complexity index is 191. The molecule has 0 bridgehead atoms. The van der Waals surface area contributed by atoms with Crippen molar-refractivity contribution in [1.29, 1.82) is 0 Å². The number of hydrogen-bond donors (Lipinski definition) is 3. The molecule has 0 spiro atoms. The average molecular weight is 290 g/mol. The van der Waals surface area contributed by atoms with Gasteiger partial charge in [0.1, 0.15) is 0 Å². The summed E-state index contributed by atoms with van der Waals surface area (Å²) in [5.74, 6) is -0.659. The monoisotopic (exact) mass is 290 g/mol. The number of hydrogen-bond acceptors (Lipinski definition) is 3. The fraction of sp³-hybridized carbons (Fsp3) is 0.938. The number of aliphatic carboxylic acids is 1. The van der Waals surface area contributed by atoms with Crippen LogP contribution in [0, 0.1) is 0 Å². The summed E-state index contributed by atoms with van der Waals surface area (Å²) in [7, 11) is 0. The second-order valence-corrected chi connectivity index (χ2v) is 5.22. The summed E-state index contributed by atoms with van der Waals surface area (Å²) in [6, 6.07) is 0. The Morgan fingerprint density at radius 2 is 1.35 bits per heavy atom. The molecule has 4 nitrogen and oxygen atoms in total. The van der Waals surface area contributed by atoms with Crippen LogP contribution in [0.4, 0.5) is 0 Å². The van der Waals surface area contributed by atoms with Crippen molar-refractivity contribution in [2.45, 2.75) is 90.6 Å². The van der Waals surface area contributed by atoms with E-state index in [-0.39, 0.29) is 6.61 Å². The lowest BCUT2D eigenvalue weighted by Gasteiger charge is -2.00. The molecule has 0 saturated carbocycles. The molecule has 1 unspecified atom stereocenters. The molecule has 0 amide bonds. The summed E-state index contributed by atoms with van der Waals surface area (Å²) in [4.78, 5) is 10.2. The Morgan fingerprint density at radius 1 is 0.900 bits per heavy atom. The Kier molecular flexibility index (Phi) is 19.9. The normalized spacial score (nSPS) is 11.6. The predicted octanol–water partition coefficient (Wildman–Crippen LogP) is 3.74. The van der Waals surface area contributed by atoms with Gasteiger partial charge < -0.3 is 15.3 Å². The van der Waals surface area contributed by atoms with Crippen molar-refractivity contribution in [1.82, 2.24) is 0 Å². The minimum Gasteiger partial charge on any atom is -0.481 e. The van der Waals surface area contributed by atoms with Gasteiger partial charge in [-0.05, 0) is 12.8 Å². The fourth-order valence-corrected chi connectivity index (χ4v) is 1.72. The first-order chi connectivity index (χ1) is 9.58. The third-order valence-corrected chi connectivity index (χ3v) is 3.18. The van der Waals surface area contributed by atoms with Crippen LogP contribution in [0.15, 0.2) is 0 Å². The van der Waals surface area contributed by atoms with Gasteiger partial charge in [0.2, 0.25) is 0 Å². The van der Waals surface area contributed by atoms with Gasteiger partial charge in [-0.2, -0.15) is 0 Å². The number of unbranched alkanes of at least 4 members (excludes halogenated alkanes) is 8. The lowest BCUT2D eigenvalue weighted by Crippen LogP contribution is -2.08. The first-order valence-electron chi connectivity index (χ1n) is 8.09. The van der Waals surface area contributed by atoms with Crippen molar-refractivity contribution >= 4 is 5.97 Å². The van der Waals surface area contributed by atoms with E-state index in [4.69, 9.17) is 15.3 Å². The molecule has 0 rings (SSSR count). The molecule has 0 aromatic rings. The van der Waals surface area contributed by atoms with E-state index >= 15 is 0 Å². The van der Waals surface area contributed by atoms with Crippen LogP contribution in [-0.4, -0.2) is 34.0 Å². The van der Waals surface area contributed by atoms with E-state index in [2.05, 4.69) is 6.92 Å². The summed E-state index contributed by atoms with van der Waals surface area (Å²) in [5.41, 5.74) is 0. The van der Waals surface area contributed by atoms with Gasteiger partial charge in [-0.25, -0.2) is 0 Å². The zero-order chi connectivity index (χ0) is 15.6. The Labute approximate surface area is 124 Å². The van der Waals surface area contributed by atoms with Gasteiger partial charge in [0.05, 0.1) is 12.7 Å². The van der Waals surface area contributed by atoms with Crippen molar-refractivity contribution in [2.75, 3.05) is 6.61 Å². The number of carbonyl (C=O) groups is 1. The Morgan fingerprint density at radius 3 is 1.65 bits per heavy atom. The van der Waals surface area contributed by atoms with E-state index in [0.717, 1.165) is 12.8 Å². The molecule has 0 aromatic heterocycles. The van der Waals surface area contributed by atoms with Crippen LogP contribution in [0.2, 0.25) is 0 Å². The van der Waals surface area contributed by atoms with Crippen molar-refractivity contribution in [3.05, 3.63) is 0 Å². The van der Waals surface area contributed by atoms with E-state index in [1.54, 1.807) is 0 Å². The molecular weight excluding hydrogens is 256 g/mol. The van der Waals surface area contributed by atoms with Gasteiger partial charge in [0, 0.05) is 6.42 Å². The van der Waals surface area contributed by atoms with E-state index in [1.807, 2.05) is 6.92 Å². The fourth-order valence-electron chi connectivity index (χ4n) is 1.72. The quantitative estimate of drug-likeness (QED) is 0.478. The maximum Gasteiger partial charge on any atom is 0.303 e. The molecule has 122 valence electrons. The lowest BCUT2D eigenvalue weighted by atomic mass is 10.1. The standard InChI is InChI=1S/C12H24O2.C4H10O2/c1-2-3-4-5-6-7-8-9-10-11-12(13)14;1-2-4(6)3-5/h2-11H2,1H3,(H,13,14);4-6H,2-3H2,1H3. The molecule has 3 N–H and O–H groups in total. The zero-order valence-corrected chi connectivity index (χ0v) is 13.3. The van der Waals surface area contributed by atoms with E-state index < -0.39 is 12.1 Å². The van der Waals surface area contributed by atoms with Gasteiger partial charge in [-0.1, -0.05) is 65.2 Å². The number of aliphatic hydroxyl groups is 2. The molecule has 4 heteroatoms. The molecule has 0 saturated heterocycles. The van der Waals surface area contributed by atoms with Crippen LogP contribution in [0.25, 0.3) is 0 Å². The SMILES string of the molecule is CCC(O)CO.CCCCCCCCCCCC(=O)O. The summed E-state index contributed by atoms with van der Waals surface area (Å²) in [6.07, 6.45) is 11.6. The minimum atomic E-state index is -0.659. The van der Waals surface area contributed by atoms with E-state index in [1.165, 1.54) is 44.9 Å². The van der Waals surface area contributed by atoms with Gasteiger partial charge >= 0.3 is 5.97 Å². The van der Waals surface area contributed by atoms with Gasteiger partial charge in [-0.15, -0.1) is 0 Å². The number of aliphatic hydroxyl groups excluding tert-OH is 2. The van der Waals surface area contributed by atoms with E-state index in [0.29, 0.717) is 12.8 Å². The Hall–Kier alpha value is -0.610. The zero-order valence-electron chi connectivity index (χ0n) is 13.3. The molecule has 0 aliphatic carbocycles. The van der Waals surface area contributed by atoms with Crippen LogP contribution < -0.4 is 0 Å². The molecule has 0 aromatic carbocycles. The molecule has 1 atom stereocenters. The largest absolute Gasteiger partial charge is 0.481 e. The highest BCUT2D eigenvalue weighted by molar-refractivity contribution is 5.66. The summed E-state index contributed by atoms with van der Waals surface area (Å²) >= 11 is 0. The smallest absolute Gasteiger partial charge is 0.303 e. The summed E-state index contributed by atoms with van der Waals surface area (Å²) in [5, 5.41) is 24.9. The van der Waals surface area contributed by atoms with Crippen LogP contribution in [0.1, 0.15) is 84.5 Å². The van der Waals surface area contributed by atoms with Gasteiger partial charge in [0.25, 0.3) is 0 Å². The second-order valence-electron chi connectivity index (χ2n) is 5.22. The van der Waals surface area contributed by atoms with Crippen molar-refractivity contribution in [3.63, 3.8) is 0 Å². The first kappa shape index (κ1) is 21.7. The summed E-state index contributed by atoms with van der Waals surface area (Å²) in [6.45, 7) is 3.93. The molecule has 0 radical (unpaired) electrons. The maximum absolute atomic E-state index is 10.2. The molecule has 0 aliphatic heterocycles. The highest BCUT2D eigenvalue weighted by Gasteiger charge is 1.96. The Balaban J connectivity index is 0. The van der Waals surface area contributed by atoms with Crippen molar-refractivity contribution < 1.29 is 20.1 Å². The number of carboxylic acid groups (broad SMARTS) is 1. The second kappa shape index (κ2) is 18.4. The number of rotatable bonds is 12. The third kappa shape index (κ3) is 22.6. The third-order valence-electron chi connectivity index (χ3n) is 3.18. The van der Waals surface area contributed by atoms with Crippen LogP contribution in [0.3, 0.4) is 0 Å². The maximum atomic E-state index is 10.2. The highest BCUT2D eigenvalue weighted by atomic mass is 16.4. The minimum absolute atomic E-state index is 0.115. The molecular formula is C16H34O4. The number of carboxylic acids is 1. The molecule has 0 heterocycles. The highest BCUT2D eigenvalue weighted by Crippen LogP contribution is 2.10. The van der Waals surface area contributed by atoms with Crippen LogP contribution >= 0.6 is 0 Å². The molecule has 0 aliphatic rings. The lowest BCUT2D eigenvalue weighted by molar-refractivity contribution is -0.137. The van der Waals surface area contributed by atoms with Crippen LogP contribution in [-0.2, 0) is 4.79 Å². The van der Waals surface area contributed by atoms with Crippen molar-refractivity contribution in [3.8, 4) is 0 Å². The molecule has 0 fully saturated rings. The van der Waals surface area contributed by atoms with Crippen molar-refractivity contribution in [2.24, 2.45) is 0 Å². The van der Waals surface area contributed by atoms with E-state index in [9.17, 15) is 4.79 Å². The first-order valence-corrected chi connectivity index (χ1v) is 8.09. The molecule has 20 heavy (non-hydrogen) atoms. The topological polar surface area (TPSA) is 77.8 Å². The predicted molar refractivity (Wildman–Crippen MR) is 82.9 cm³/mol. The van der Waals surface area contributed by atoms with Gasteiger partial charge in [-0.3, -0.25) is 4.79 Å². The van der Waals surface area contributed by atoms with Crippen LogP contribution in [0.5, 0.6) is 0 Å².